The number of hydrogen-bond acceptors (Lipinski definition) is 6. The molecule has 0 aliphatic carbocycles. The van der Waals surface area contributed by atoms with Crippen molar-refractivity contribution in [3.05, 3.63) is 65.8 Å². The Morgan fingerprint density at radius 3 is 2.75 bits per heavy atom. The van der Waals surface area contributed by atoms with Gasteiger partial charge in [-0.25, -0.2) is 4.39 Å². The van der Waals surface area contributed by atoms with E-state index in [9.17, 15) is 9.18 Å². The molecular weight excluding hydrogens is 411 g/mol. The zero-order valence-corrected chi connectivity index (χ0v) is 18.1. The van der Waals surface area contributed by atoms with Gasteiger partial charge in [-0.15, -0.1) is 0 Å². The Bertz CT molecular complexity index is 1020. The van der Waals surface area contributed by atoms with Crippen LogP contribution in [0.25, 0.3) is 11.4 Å². The van der Waals surface area contributed by atoms with Crippen molar-refractivity contribution < 1.29 is 18.4 Å². The number of piperidine rings is 1. The predicted molar refractivity (Wildman–Crippen MR) is 117 cm³/mol. The molecule has 8 heteroatoms. The van der Waals surface area contributed by atoms with Crippen molar-refractivity contribution in [3.63, 3.8) is 0 Å². The fourth-order valence-electron chi connectivity index (χ4n) is 3.84. The summed E-state index contributed by atoms with van der Waals surface area (Å²) in [4.78, 5) is 19.3. The molecule has 3 aromatic rings. The van der Waals surface area contributed by atoms with E-state index in [-0.39, 0.29) is 17.6 Å². The molecule has 2 aromatic carbocycles. The molecule has 7 nitrogen and oxygen atoms in total. The van der Waals surface area contributed by atoms with Gasteiger partial charge in [0.2, 0.25) is 17.6 Å². The van der Waals surface area contributed by atoms with Crippen molar-refractivity contribution in [1.29, 1.82) is 0 Å². The highest BCUT2D eigenvalue weighted by Crippen LogP contribution is 2.21. The zero-order valence-electron chi connectivity index (χ0n) is 18.1. The summed E-state index contributed by atoms with van der Waals surface area (Å²) in [6.07, 6.45) is 1.79. The number of nitrogens with one attached hydrogen (secondary N) is 1. The Labute approximate surface area is 186 Å². The van der Waals surface area contributed by atoms with Crippen LogP contribution in [-0.4, -0.2) is 40.6 Å². The molecule has 1 atom stereocenters. The monoisotopic (exact) mass is 438 g/mol. The molecule has 0 radical (unpaired) electrons. The summed E-state index contributed by atoms with van der Waals surface area (Å²) < 4.78 is 23.9. The zero-order chi connectivity index (χ0) is 22.3. The second kappa shape index (κ2) is 10.4. The second-order valence-electron chi connectivity index (χ2n) is 7.89. The summed E-state index contributed by atoms with van der Waals surface area (Å²) in [7, 11) is 0. The first-order chi connectivity index (χ1) is 15.6. The van der Waals surface area contributed by atoms with Gasteiger partial charge < -0.3 is 14.6 Å². The number of ether oxygens (including phenoxy) is 1. The lowest BCUT2D eigenvalue weighted by Crippen LogP contribution is -2.42. The van der Waals surface area contributed by atoms with Crippen LogP contribution in [0.1, 0.15) is 31.2 Å². The van der Waals surface area contributed by atoms with Gasteiger partial charge in [-0.1, -0.05) is 17.3 Å². The number of halogens is 1. The van der Waals surface area contributed by atoms with Crippen LogP contribution in [0.4, 0.5) is 4.39 Å². The van der Waals surface area contributed by atoms with Crippen LogP contribution in [0.3, 0.4) is 0 Å². The SMILES string of the molecule is CCOc1ccc(CNC(=O)C2CCCN(Cc3nc(-c4ccc(F)cc4)no3)C2)cc1. The number of amides is 1. The van der Waals surface area contributed by atoms with Crippen LogP contribution in [0.2, 0.25) is 0 Å². The molecule has 0 spiro atoms. The maximum Gasteiger partial charge on any atom is 0.241 e. The molecule has 2 heterocycles. The van der Waals surface area contributed by atoms with Gasteiger partial charge in [-0.3, -0.25) is 9.69 Å². The molecule has 168 valence electrons. The maximum absolute atomic E-state index is 13.1. The summed E-state index contributed by atoms with van der Waals surface area (Å²) in [6, 6.07) is 13.7. The summed E-state index contributed by atoms with van der Waals surface area (Å²) in [5, 5.41) is 7.04. The van der Waals surface area contributed by atoms with Crippen molar-refractivity contribution in [2.24, 2.45) is 5.92 Å². The van der Waals surface area contributed by atoms with E-state index in [1.165, 1.54) is 12.1 Å². The van der Waals surface area contributed by atoms with Gasteiger partial charge in [0.25, 0.3) is 0 Å². The van der Waals surface area contributed by atoms with Gasteiger partial charge >= 0.3 is 0 Å². The van der Waals surface area contributed by atoms with Gasteiger partial charge in [0.15, 0.2) is 0 Å². The molecule has 1 fully saturated rings. The number of carbonyl (C=O) groups is 1. The summed E-state index contributed by atoms with van der Waals surface area (Å²) in [5.41, 5.74) is 1.74. The normalized spacial score (nSPS) is 16.6. The number of benzene rings is 2. The minimum Gasteiger partial charge on any atom is -0.494 e. The van der Waals surface area contributed by atoms with Gasteiger partial charge in [0.1, 0.15) is 11.6 Å². The van der Waals surface area contributed by atoms with Gasteiger partial charge in [0.05, 0.1) is 19.1 Å². The lowest BCUT2D eigenvalue weighted by Gasteiger charge is -2.30. The largest absolute Gasteiger partial charge is 0.494 e. The first-order valence-electron chi connectivity index (χ1n) is 10.9. The average Bonchev–Trinajstić information content (AvgIpc) is 3.27. The van der Waals surface area contributed by atoms with Gasteiger partial charge in [-0.2, -0.15) is 4.98 Å². The second-order valence-corrected chi connectivity index (χ2v) is 7.89. The molecule has 1 aromatic heterocycles. The van der Waals surface area contributed by atoms with Crippen LogP contribution in [0, 0.1) is 11.7 Å². The van der Waals surface area contributed by atoms with E-state index >= 15 is 0 Å². The molecule has 1 unspecified atom stereocenters. The number of likely N-dealkylation sites (tertiary alicyclic amines) is 1. The summed E-state index contributed by atoms with van der Waals surface area (Å²) >= 11 is 0. The molecule has 1 amide bonds. The fourth-order valence-corrected chi connectivity index (χ4v) is 3.84. The van der Waals surface area contributed by atoms with E-state index in [0.717, 1.165) is 30.7 Å². The highest BCUT2D eigenvalue weighted by molar-refractivity contribution is 5.79. The van der Waals surface area contributed by atoms with Gasteiger partial charge in [-0.05, 0) is 68.3 Å². The number of rotatable bonds is 8. The molecule has 4 rings (SSSR count). The molecule has 0 saturated carbocycles. The number of nitrogens with zero attached hydrogens (tertiary/aromatic N) is 3. The lowest BCUT2D eigenvalue weighted by molar-refractivity contribution is -0.127. The Kier molecular flexibility index (Phi) is 7.11. The first-order valence-corrected chi connectivity index (χ1v) is 10.9. The van der Waals surface area contributed by atoms with Crippen LogP contribution in [-0.2, 0) is 17.9 Å². The lowest BCUT2D eigenvalue weighted by atomic mass is 9.97. The Morgan fingerprint density at radius 2 is 2.00 bits per heavy atom. The highest BCUT2D eigenvalue weighted by atomic mass is 19.1. The van der Waals surface area contributed by atoms with Crippen LogP contribution in [0.15, 0.2) is 53.1 Å². The van der Waals surface area contributed by atoms with Crippen LogP contribution in [0.5, 0.6) is 5.75 Å². The number of hydrogen-bond donors (Lipinski definition) is 1. The standard InChI is InChI=1S/C24H27FN4O3/c1-2-31-21-11-5-17(6-12-21)14-26-24(30)19-4-3-13-29(15-19)16-22-27-23(28-32-22)18-7-9-20(25)10-8-18/h5-12,19H,2-4,13-16H2,1H3,(H,26,30). The van der Waals surface area contributed by atoms with E-state index in [0.29, 0.717) is 43.5 Å². The number of carbonyl (C=O) groups excluding carboxylic acids is 1. The van der Waals surface area contributed by atoms with E-state index in [1.54, 1.807) is 12.1 Å². The van der Waals surface area contributed by atoms with Crippen molar-refractivity contribution >= 4 is 5.91 Å². The summed E-state index contributed by atoms with van der Waals surface area (Å²) in [5.74, 6) is 1.42. The van der Waals surface area contributed by atoms with Crippen LogP contribution >= 0.6 is 0 Å². The van der Waals surface area contributed by atoms with E-state index in [4.69, 9.17) is 9.26 Å². The maximum atomic E-state index is 13.1. The smallest absolute Gasteiger partial charge is 0.241 e. The highest BCUT2D eigenvalue weighted by Gasteiger charge is 2.26. The molecule has 1 aliphatic rings. The third-order valence-corrected chi connectivity index (χ3v) is 5.51. The third-order valence-electron chi connectivity index (χ3n) is 5.51. The molecular formula is C24H27FN4O3. The Morgan fingerprint density at radius 1 is 1.22 bits per heavy atom. The molecule has 32 heavy (non-hydrogen) atoms. The molecule has 1 N–H and O–H groups in total. The van der Waals surface area contributed by atoms with E-state index < -0.39 is 0 Å². The molecule has 0 bridgehead atoms. The minimum atomic E-state index is -0.308. The van der Waals surface area contributed by atoms with E-state index in [2.05, 4.69) is 20.4 Å². The van der Waals surface area contributed by atoms with Gasteiger partial charge in [0, 0.05) is 18.7 Å². The molecule has 1 saturated heterocycles. The van der Waals surface area contributed by atoms with Crippen LogP contribution < -0.4 is 10.1 Å². The molecule has 1 aliphatic heterocycles. The van der Waals surface area contributed by atoms with E-state index in [1.807, 2.05) is 31.2 Å². The summed E-state index contributed by atoms with van der Waals surface area (Å²) in [6.45, 7) is 5.07. The first kappa shape index (κ1) is 22.0. The van der Waals surface area contributed by atoms with Crippen molar-refractivity contribution in [3.8, 4) is 17.1 Å². The minimum absolute atomic E-state index is 0.0566. The topological polar surface area (TPSA) is 80.5 Å². The van der Waals surface area contributed by atoms with Crippen molar-refractivity contribution in [2.45, 2.75) is 32.9 Å². The van der Waals surface area contributed by atoms with Crippen molar-refractivity contribution in [2.75, 3.05) is 19.7 Å². The quantitative estimate of drug-likeness (QED) is 0.576. The Balaban J connectivity index is 1.28. The fraction of sp³-hybridized carbons (Fsp3) is 0.375. The number of aromatic nitrogens is 2. The Hall–Kier alpha value is -3.26. The predicted octanol–water partition coefficient (Wildman–Crippen LogP) is 3.80. The average molecular weight is 439 g/mol. The third kappa shape index (κ3) is 5.70. The van der Waals surface area contributed by atoms with Crippen molar-refractivity contribution in [1.82, 2.24) is 20.4 Å².